The summed E-state index contributed by atoms with van der Waals surface area (Å²) >= 11 is 0. The molecule has 0 atom stereocenters. The predicted octanol–water partition coefficient (Wildman–Crippen LogP) is 4.99. The van der Waals surface area contributed by atoms with E-state index < -0.39 is 0 Å². The van der Waals surface area contributed by atoms with Crippen LogP contribution in [0.1, 0.15) is 36.1 Å². The van der Waals surface area contributed by atoms with Crippen LogP contribution in [0.4, 0.5) is 4.39 Å². The fourth-order valence-corrected chi connectivity index (χ4v) is 3.56. The van der Waals surface area contributed by atoms with Gasteiger partial charge in [-0.2, -0.15) is 0 Å². The zero-order chi connectivity index (χ0) is 18.3. The Labute approximate surface area is 149 Å². The third-order valence-corrected chi connectivity index (χ3v) is 4.97. The number of halogens is 1. The van der Waals surface area contributed by atoms with Crippen LogP contribution in [-0.2, 0) is 13.5 Å². The second-order valence-corrected chi connectivity index (χ2v) is 7.42. The van der Waals surface area contributed by atoms with Gasteiger partial charge in [0.15, 0.2) is 5.52 Å². The Bertz CT molecular complexity index is 958. The van der Waals surface area contributed by atoms with E-state index in [0.717, 1.165) is 39.7 Å². The average Bonchev–Trinajstić information content (AvgIpc) is 2.56. The van der Waals surface area contributed by atoms with Crippen molar-refractivity contribution in [2.24, 2.45) is 13.0 Å². The molecule has 0 amide bonds. The molecular weight excluding hydrogens is 311 g/mol. The van der Waals surface area contributed by atoms with Crippen molar-refractivity contribution in [2.45, 2.75) is 41.0 Å². The molecule has 0 radical (unpaired) electrons. The van der Waals surface area contributed by atoms with Gasteiger partial charge in [-0.15, -0.1) is 0 Å². The van der Waals surface area contributed by atoms with Gasteiger partial charge in [0.2, 0.25) is 0 Å². The normalized spacial score (nSPS) is 11.5. The van der Waals surface area contributed by atoms with Crippen LogP contribution in [0, 0.1) is 32.5 Å². The van der Waals surface area contributed by atoms with Gasteiger partial charge in [0, 0.05) is 11.1 Å². The summed E-state index contributed by atoms with van der Waals surface area (Å²) in [6.07, 6.45) is 2.87. The first-order chi connectivity index (χ1) is 11.8. The van der Waals surface area contributed by atoms with Gasteiger partial charge in [-0.05, 0) is 66.9 Å². The zero-order valence-corrected chi connectivity index (χ0v) is 15.9. The van der Waals surface area contributed by atoms with Gasteiger partial charge in [-0.1, -0.05) is 26.0 Å². The van der Waals surface area contributed by atoms with Gasteiger partial charge >= 0.3 is 0 Å². The minimum absolute atomic E-state index is 0.109. The number of aromatic nitrogens is 2. The SMILES string of the molecule is Cc1cc(-c2c3cccc(CC(C)C)c3nc[n+]2C)c(C)c(C)c1F. The highest BCUT2D eigenvalue weighted by atomic mass is 19.1. The molecule has 0 aliphatic heterocycles. The maximum atomic E-state index is 14.3. The lowest BCUT2D eigenvalue weighted by Crippen LogP contribution is -2.32. The lowest BCUT2D eigenvalue weighted by atomic mass is 9.93. The molecule has 0 aliphatic carbocycles. The molecule has 0 spiro atoms. The summed E-state index contributed by atoms with van der Waals surface area (Å²) < 4.78 is 16.3. The highest BCUT2D eigenvalue weighted by Crippen LogP contribution is 2.32. The van der Waals surface area contributed by atoms with Crippen molar-refractivity contribution in [1.29, 1.82) is 0 Å². The number of para-hydroxylation sites is 1. The summed E-state index contributed by atoms with van der Waals surface area (Å²) in [5, 5.41) is 1.12. The Morgan fingerprint density at radius 1 is 1.12 bits per heavy atom. The molecule has 0 saturated carbocycles. The van der Waals surface area contributed by atoms with E-state index in [-0.39, 0.29) is 5.82 Å². The highest BCUT2D eigenvalue weighted by Gasteiger charge is 2.21. The van der Waals surface area contributed by atoms with Crippen molar-refractivity contribution >= 4 is 10.9 Å². The first-order valence-electron chi connectivity index (χ1n) is 8.84. The van der Waals surface area contributed by atoms with Crippen LogP contribution in [-0.4, -0.2) is 4.98 Å². The van der Waals surface area contributed by atoms with Crippen molar-refractivity contribution in [3.8, 4) is 11.3 Å². The Hall–Kier alpha value is -2.29. The molecule has 3 rings (SSSR count). The summed E-state index contributed by atoms with van der Waals surface area (Å²) in [7, 11) is 2.00. The quantitative estimate of drug-likeness (QED) is 0.615. The van der Waals surface area contributed by atoms with E-state index in [1.807, 2.05) is 44.8 Å². The standard InChI is InChI=1S/C22H26FN2/c1-13(2)10-17-8-7-9-18-21(17)24-12-25(6)22(18)19-11-14(3)20(23)16(5)15(19)4/h7-9,11-13H,10H2,1-6H3/q+1. The van der Waals surface area contributed by atoms with Crippen LogP contribution in [0.5, 0.6) is 0 Å². The molecular formula is C22H26FN2+. The van der Waals surface area contributed by atoms with E-state index in [4.69, 9.17) is 4.98 Å². The fraction of sp³-hybridized carbons (Fsp3) is 0.364. The molecule has 3 aromatic rings. The largest absolute Gasteiger partial charge is 0.287 e. The van der Waals surface area contributed by atoms with Crippen LogP contribution in [0.2, 0.25) is 0 Å². The Morgan fingerprint density at radius 2 is 1.84 bits per heavy atom. The van der Waals surface area contributed by atoms with E-state index in [2.05, 4.69) is 32.0 Å². The van der Waals surface area contributed by atoms with Crippen molar-refractivity contribution in [2.75, 3.05) is 0 Å². The second-order valence-electron chi connectivity index (χ2n) is 7.42. The van der Waals surface area contributed by atoms with Crippen molar-refractivity contribution in [3.63, 3.8) is 0 Å². The van der Waals surface area contributed by atoms with E-state index >= 15 is 0 Å². The van der Waals surface area contributed by atoms with Crippen LogP contribution >= 0.6 is 0 Å². The molecule has 0 saturated heterocycles. The number of benzene rings is 2. The Morgan fingerprint density at radius 3 is 2.52 bits per heavy atom. The van der Waals surface area contributed by atoms with E-state index in [1.54, 1.807) is 0 Å². The topological polar surface area (TPSA) is 16.8 Å². The maximum Gasteiger partial charge on any atom is 0.287 e. The van der Waals surface area contributed by atoms with Gasteiger partial charge in [0.05, 0.1) is 12.4 Å². The zero-order valence-electron chi connectivity index (χ0n) is 15.9. The molecule has 0 unspecified atom stereocenters. The molecule has 3 heteroatoms. The number of aryl methyl sites for hydroxylation is 2. The lowest BCUT2D eigenvalue weighted by molar-refractivity contribution is -0.662. The molecule has 2 nitrogen and oxygen atoms in total. The molecule has 25 heavy (non-hydrogen) atoms. The summed E-state index contributed by atoms with van der Waals surface area (Å²) in [4.78, 5) is 4.70. The number of nitrogens with zero attached hydrogens (tertiary/aromatic N) is 2. The number of rotatable bonds is 3. The average molecular weight is 337 g/mol. The Kier molecular flexibility index (Phi) is 4.59. The third kappa shape index (κ3) is 3.04. The van der Waals surface area contributed by atoms with Gasteiger partial charge in [0.1, 0.15) is 11.5 Å². The molecule has 0 fully saturated rings. The van der Waals surface area contributed by atoms with E-state index in [9.17, 15) is 4.39 Å². The first-order valence-corrected chi connectivity index (χ1v) is 8.84. The van der Waals surface area contributed by atoms with Crippen molar-refractivity contribution in [1.82, 2.24) is 4.98 Å². The number of hydrogen-bond acceptors (Lipinski definition) is 1. The smallest absolute Gasteiger partial charge is 0.232 e. The summed E-state index contributed by atoms with van der Waals surface area (Å²) in [5.41, 5.74) is 6.87. The minimum atomic E-state index is -0.109. The molecule has 2 aromatic carbocycles. The first kappa shape index (κ1) is 17.5. The molecule has 0 bridgehead atoms. The summed E-state index contributed by atoms with van der Waals surface area (Å²) in [5.74, 6) is 0.463. The van der Waals surface area contributed by atoms with Crippen molar-refractivity contribution in [3.05, 3.63) is 58.7 Å². The van der Waals surface area contributed by atoms with E-state index in [0.29, 0.717) is 11.5 Å². The van der Waals surface area contributed by atoms with Crippen LogP contribution in [0.3, 0.4) is 0 Å². The van der Waals surface area contributed by atoms with Crippen LogP contribution in [0.15, 0.2) is 30.6 Å². The maximum absolute atomic E-state index is 14.3. The number of fused-ring (bicyclic) bond motifs is 1. The Balaban J connectivity index is 2.36. The fourth-order valence-electron chi connectivity index (χ4n) is 3.56. The second kappa shape index (κ2) is 6.55. The molecule has 0 N–H and O–H groups in total. The molecule has 0 aliphatic rings. The summed E-state index contributed by atoms with van der Waals surface area (Å²) in [6, 6.07) is 8.34. The van der Waals surface area contributed by atoms with E-state index in [1.165, 1.54) is 5.56 Å². The molecule has 130 valence electrons. The third-order valence-electron chi connectivity index (χ3n) is 4.97. The van der Waals surface area contributed by atoms with Gasteiger partial charge in [0.25, 0.3) is 6.33 Å². The van der Waals surface area contributed by atoms with Gasteiger partial charge in [-0.25, -0.2) is 8.96 Å². The van der Waals surface area contributed by atoms with Gasteiger partial charge in [-0.3, -0.25) is 0 Å². The number of hydrogen-bond donors (Lipinski definition) is 0. The van der Waals surface area contributed by atoms with Crippen LogP contribution < -0.4 is 4.57 Å². The predicted molar refractivity (Wildman–Crippen MR) is 101 cm³/mol. The van der Waals surface area contributed by atoms with Crippen LogP contribution in [0.25, 0.3) is 22.2 Å². The highest BCUT2D eigenvalue weighted by molar-refractivity contribution is 5.93. The summed E-state index contributed by atoms with van der Waals surface area (Å²) in [6.45, 7) is 10.1. The molecule has 1 aromatic heterocycles. The minimum Gasteiger partial charge on any atom is -0.232 e. The molecule has 1 heterocycles. The monoisotopic (exact) mass is 337 g/mol. The van der Waals surface area contributed by atoms with Crippen molar-refractivity contribution < 1.29 is 8.96 Å². The van der Waals surface area contributed by atoms with Gasteiger partial charge < -0.3 is 0 Å². The lowest BCUT2D eigenvalue weighted by Gasteiger charge is -2.14.